The molecule has 0 heterocycles. The number of aryl methyl sites for hydroxylation is 2. The second-order valence-corrected chi connectivity index (χ2v) is 8.00. The molecule has 2 rings (SSSR count). The molecule has 0 saturated heterocycles. The maximum atomic E-state index is 13.5. The Labute approximate surface area is 170 Å². The van der Waals surface area contributed by atoms with Gasteiger partial charge in [0.25, 0.3) is 15.7 Å². The molecular formula is C20H24N2O6S. The largest absolute Gasteiger partial charge is 0.465 e. The maximum absolute atomic E-state index is 13.5. The molecule has 0 spiro atoms. The van der Waals surface area contributed by atoms with Gasteiger partial charge in [-0.15, -0.1) is 0 Å². The van der Waals surface area contributed by atoms with Gasteiger partial charge in [0.1, 0.15) is 6.54 Å². The van der Waals surface area contributed by atoms with Gasteiger partial charge in [-0.05, 0) is 37.0 Å². The predicted octanol–water partition coefficient (Wildman–Crippen LogP) is 3.48. The molecule has 2 aromatic rings. The highest BCUT2D eigenvalue weighted by atomic mass is 32.2. The molecule has 0 aliphatic carbocycles. The van der Waals surface area contributed by atoms with Crippen molar-refractivity contribution in [3.05, 3.63) is 63.7 Å². The second kappa shape index (κ2) is 9.51. The predicted molar refractivity (Wildman–Crippen MR) is 109 cm³/mol. The third-order valence-corrected chi connectivity index (χ3v) is 6.22. The summed E-state index contributed by atoms with van der Waals surface area (Å²) in [6.07, 6.45) is 1.05. The van der Waals surface area contributed by atoms with Crippen molar-refractivity contribution in [3.8, 4) is 0 Å². The number of esters is 1. The Morgan fingerprint density at radius 1 is 1.03 bits per heavy atom. The number of rotatable bonds is 9. The number of benzene rings is 2. The van der Waals surface area contributed by atoms with E-state index < -0.39 is 38.0 Å². The van der Waals surface area contributed by atoms with Gasteiger partial charge in [-0.2, -0.15) is 0 Å². The topological polar surface area (TPSA) is 107 Å². The SMILES string of the molecule is CCOC(=O)CN(c1c(CC)cccc1CC)S(=O)(=O)c1ccccc1[N+](=O)[O-]. The first-order valence-electron chi connectivity index (χ1n) is 9.30. The van der Waals surface area contributed by atoms with E-state index in [1.807, 2.05) is 19.9 Å². The number of nitro benzene ring substituents is 1. The number of anilines is 1. The van der Waals surface area contributed by atoms with Crippen molar-refractivity contribution in [3.63, 3.8) is 0 Å². The fraction of sp³-hybridized carbons (Fsp3) is 0.350. The van der Waals surface area contributed by atoms with Crippen molar-refractivity contribution < 1.29 is 22.9 Å². The smallest absolute Gasteiger partial charge is 0.326 e. The first-order chi connectivity index (χ1) is 13.8. The minimum absolute atomic E-state index is 0.0915. The summed E-state index contributed by atoms with van der Waals surface area (Å²) >= 11 is 0. The average Bonchev–Trinajstić information content (AvgIpc) is 2.71. The molecule has 0 atom stereocenters. The molecule has 0 aromatic heterocycles. The number of carbonyl (C=O) groups is 1. The number of ether oxygens (including phenoxy) is 1. The van der Waals surface area contributed by atoms with E-state index in [1.54, 1.807) is 19.1 Å². The van der Waals surface area contributed by atoms with E-state index in [2.05, 4.69) is 0 Å². The molecule has 156 valence electrons. The van der Waals surface area contributed by atoms with Crippen LogP contribution in [0, 0.1) is 10.1 Å². The number of hydrogen-bond acceptors (Lipinski definition) is 6. The standard InChI is InChI=1S/C20H24N2O6S/c1-4-15-10-9-11-16(5-2)20(15)21(14-19(23)28-6-3)29(26,27)18-13-8-7-12-17(18)22(24)25/h7-13H,4-6,14H2,1-3H3. The molecule has 0 unspecified atom stereocenters. The molecular weight excluding hydrogens is 396 g/mol. The van der Waals surface area contributed by atoms with Gasteiger partial charge in [0, 0.05) is 6.07 Å². The Morgan fingerprint density at radius 2 is 1.62 bits per heavy atom. The lowest BCUT2D eigenvalue weighted by molar-refractivity contribution is -0.387. The number of nitrogens with zero attached hydrogens (tertiary/aromatic N) is 2. The summed E-state index contributed by atoms with van der Waals surface area (Å²) in [7, 11) is -4.42. The van der Waals surface area contributed by atoms with Crippen LogP contribution in [-0.2, 0) is 32.4 Å². The number of para-hydroxylation sites is 2. The third-order valence-electron chi connectivity index (χ3n) is 4.42. The molecule has 9 heteroatoms. The van der Waals surface area contributed by atoms with Crippen molar-refractivity contribution in [1.82, 2.24) is 0 Å². The first-order valence-corrected chi connectivity index (χ1v) is 10.7. The zero-order valence-corrected chi connectivity index (χ0v) is 17.4. The minimum atomic E-state index is -4.42. The third kappa shape index (κ3) is 4.73. The second-order valence-electron chi connectivity index (χ2n) is 6.17. The van der Waals surface area contributed by atoms with Crippen LogP contribution in [0.1, 0.15) is 31.9 Å². The fourth-order valence-corrected chi connectivity index (χ4v) is 4.73. The van der Waals surface area contributed by atoms with E-state index in [4.69, 9.17) is 4.74 Å². The average molecular weight is 420 g/mol. The Kier molecular flexibility index (Phi) is 7.33. The van der Waals surface area contributed by atoms with E-state index >= 15 is 0 Å². The monoisotopic (exact) mass is 420 g/mol. The van der Waals surface area contributed by atoms with Crippen molar-refractivity contribution >= 4 is 27.4 Å². The van der Waals surface area contributed by atoms with Gasteiger partial charge in [0.05, 0.1) is 17.2 Å². The summed E-state index contributed by atoms with van der Waals surface area (Å²) < 4.78 is 33.0. The Balaban J connectivity index is 2.77. The van der Waals surface area contributed by atoms with Gasteiger partial charge < -0.3 is 4.74 Å². The zero-order chi connectivity index (χ0) is 21.6. The fourth-order valence-electron chi connectivity index (χ4n) is 3.09. The van der Waals surface area contributed by atoms with E-state index in [-0.39, 0.29) is 6.61 Å². The van der Waals surface area contributed by atoms with E-state index in [0.29, 0.717) is 18.5 Å². The lowest BCUT2D eigenvalue weighted by Gasteiger charge is -2.27. The Bertz CT molecular complexity index is 982. The first kappa shape index (κ1) is 22.4. The molecule has 2 aromatic carbocycles. The van der Waals surface area contributed by atoms with Crippen LogP contribution in [-0.4, -0.2) is 32.5 Å². The lowest BCUT2D eigenvalue weighted by Crippen LogP contribution is -2.38. The van der Waals surface area contributed by atoms with Crippen LogP contribution < -0.4 is 4.31 Å². The molecule has 0 amide bonds. The normalized spacial score (nSPS) is 11.1. The molecule has 0 aliphatic rings. The molecule has 29 heavy (non-hydrogen) atoms. The van der Waals surface area contributed by atoms with Crippen LogP contribution in [0.2, 0.25) is 0 Å². The maximum Gasteiger partial charge on any atom is 0.326 e. The summed E-state index contributed by atoms with van der Waals surface area (Å²) in [5.41, 5.74) is 1.25. The summed E-state index contributed by atoms with van der Waals surface area (Å²) in [5, 5.41) is 11.4. The number of sulfonamides is 1. The quantitative estimate of drug-likeness (QED) is 0.349. The highest BCUT2D eigenvalue weighted by Gasteiger charge is 2.35. The van der Waals surface area contributed by atoms with Gasteiger partial charge >= 0.3 is 5.97 Å². The van der Waals surface area contributed by atoms with Crippen molar-refractivity contribution in [1.29, 1.82) is 0 Å². The van der Waals surface area contributed by atoms with Crippen molar-refractivity contribution in [2.24, 2.45) is 0 Å². The molecule has 0 bridgehead atoms. The lowest BCUT2D eigenvalue weighted by atomic mass is 10.0. The van der Waals surface area contributed by atoms with Crippen LogP contribution in [0.25, 0.3) is 0 Å². The number of carbonyl (C=O) groups excluding carboxylic acids is 1. The van der Waals surface area contributed by atoms with Gasteiger partial charge in [0.2, 0.25) is 0 Å². The minimum Gasteiger partial charge on any atom is -0.465 e. The zero-order valence-electron chi connectivity index (χ0n) is 16.6. The molecule has 0 radical (unpaired) electrons. The molecule has 0 saturated carbocycles. The highest BCUT2D eigenvalue weighted by Crippen LogP contribution is 2.34. The van der Waals surface area contributed by atoms with Crippen LogP contribution in [0.4, 0.5) is 11.4 Å². The highest BCUT2D eigenvalue weighted by molar-refractivity contribution is 7.93. The number of hydrogen-bond donors (Lipinski definition) is 0. The van der Waals surface area contributed by atoms with E-state index in [1.165, 1.54) is 18.2 Å². The van der Waals surface area contributed by atoms with Gasteiger partial charge in [-0.3, -0.25) is 19.2 Å². The van der Waals surface area contributed by atoms with Crippen molar-refractivity contribution in [2.45, 2.75) is 38.5 Å². The summed E-state index contributed by atoms with van der Waals surface area (Å²) in [6, 6.07) is 10.5. The van der Waals surface area contributed by atoms with Gasteiger partial charge in [-0.1, -0.05) is 44.2 Å². The summed E-state index contributed by atoms with van der Waals surface area (Å²) in [6.45, 7) is 4.88. The molecule has 0 aliphatic heterocycles. The molecule has 0 N–H and O–H groups in total. The Hall–Kier alpha value is -2.94. The Morgan fingerprint density at radius 3 is 2.14 bits per heavy atom. The van der Waals surface area contributed by atoms with Crippen LogP contribution in [0.5, 0.6) is 0 Å². The van der Waals surface area contributed by atoms with Crippen molar-refractivity contribution in [2.75, 3.05) is 17.5 Å². The summed E-state index contributed by atoms with van der Waals surface area (Å²) in [4.78, 5) is 22.5. The number of nitro groups is 1. The summed E-state index contributed by atoms with van der Waals surface area (Å²) in [5.74, 6) is -0.734. The van der Waals surface area contributed by atoms with Crippen LogP contribution in [0.3, 0.4) is 0 Å². The molecule has 8 nitrogen and oxygen atoms in total. The van der Waals surface area contributed by atoms with Gasteiger partial charge in [-0.25, -0.2) is 8.42 Å². The van der Waals surface area contributed by atoms with E-state index in [9.17, 15) is 23.3 Å². The molecule has 0 fully saturated rings. The van der Waals surface area contributed by atoms with Crippen LogP contribution in [0.15, 0.2) is 47.4 Å². The van der Waals surface area contributed by atoms with Crippen LogP contribution >= 0.6 is 0 Å². The van der Waals surface area contributed by atoms with Gasteiger partial charge in [0.15, 0.2) is 4.90 Å². The van der Waals surface area contributed by atoms with E-state index in [0.717, 1.165) is 21.5 Å².